The van der Waals surface area contributed by atoms with E-state index in [1.807, 2.05) is 13.8 Å². The Kier molecular flexibility index (Phi) is 10.2. The summed E-state index contributed by atoms with van der Waals surface area (Å²) in [6.45, 7) is 4.42. The molecule has 0 aliphatic carbocycles. The molecule has 0 unspecified atom stereocenters. The van der Waals surface area contributed by atoms with Crippen LogP contribution < -0.4 is 15.8 Å². The lowest BCUT2D eigenvalue weighted by molar-refractivity contribution is -0.121. The summed E-state index contributed by atoms with van der Waals surface area (Å²) in [7, 11) is 1.52. The van der Waals surface area contributed by atoms with Crippen LogP contribution in [0, 0.1) is 0 Å². The van der Waals surface area contributed by atoms with Gasteiger partial charge >= 0.3 is 0 Å². The molecule has 0 heterocycles. The predicted molar refractivity (Wildman–Crippen MR) is 102 cm³/mol. The van der Waals surface area contributed by atoms with E-state index in [1.165, 1.54) is 7.11 Å². The zero-order valence-corrected chi connectivity index (χ0v) is 16.8. The molecule has 24 heavy (non-hydrogen) atoms. The molecule has 0 aromatic heterocycles. The molecule has 3 N–H and O–H groups in total. The van der Waals surface area contributed by atoms with Gasteiger partial charge in [-0.3, -0.25) is 9.59 Å². The number of carbonyl (C=O) groups excluding carboxylic acids is 2. The predicted octanol–water partition coefficient (Wildman–Crippen LogP) is 3.48. The highest BCUT2D eigenvalue weighted by atomic mass is 79.9. The fourth-order valence-corrected chi connectivity index (χ4v) is 2.48. The highest BCUT2D eigenvalue weighted by Crippen LogP contribution is 2.24. The van der Waals surface area contributed by atoms with Crippen LogP contribution in [0.25, 0.3) is 0 Å². The molecule has 1 rings (SSSR count). The van der Waals surface area contributed by atoms with Crippen LogP contribution in [-0.4, -0.2) is 30.9 Å². The monoisotopic (exact) mass is 420 g/mol. The van der Waals surface area contributed by atoms with Gasteiger partial charge in [-0.1, -0.05) is 29.8 Å². The lowest BCUT2D eigenvalue weighted by atomic mass is 9.94. The first-order valence-corrected chi connectivity index (χ1v) is 8.56. The van der Waals surface area contributed by atoms with Crippen molar-refractivity contribution in [2.75, 3.05) is 13.7 Å². The summed E-state index contributed by atoms with van der Waals surface area (Å²) in [5.41, 5.74) is 6.24. The molecule has 1 aromatic carbocycles. The van der Waals surface area contributed by atoms with Crippen molar-refractivity contribution in [2.24, 2.45) is 5.73 Å². The van der Waals surface area contributed by atoms with Crippen molar-refractivity contribution in [3.05, 3.63) is 28.2 Å². The van der Waals surface area contributed by atoms with E-state index in [0.717, 1.165) is 17.3 Å². The fraction of sp³-hybridized carbons (Fsp3) is 0.529. The van der Waals surface area contributed by atoms with Gasteiger partial charge in [0.2, 0.25) is 5.91 Å². The number of amides is 1. The summed E-state index contributed by atoms with van der Waals surface area (Å²) in [4.78, 5) is 24.2. The van der Waals surface area contributed by atoms with E-state index >= 15 is 0 Å². The Morgan fingerprint density at radius 1 is 1.25 bits per heavy atom. The number of nitrogens with one attached hydrogen (secondary N) is 1. The zero-order chi connectivity index (χ0) is 17.5. The molecule has 0 atom stereocenters. The van der Waals surface area contributed by atoms with Gasteiger partial charge in [0.1, 0.15) is 5.75 Å². The van der Waals surface area contributed by atoms with E-state index in [4.69, 9.17) is 10.5 Å². The first-order valence-electron chi connectivity index (χ1n) is 7.77. The normalized spacial score (nSPS) is 10.7. The van der Waals surface area contributed by atoms with Crippen LogP contribution in [0.3, 0.4) is 0 Å². The molecule has 0 fully saturated rings. The summed E-state index contributed by atoms with van der Waals surface area (Å²) in [5.74, 6) is 0.226. The Morgan fingerprint density at radius 2 is 1.88 bits per heavy atom. The van der Waals surface area contributed by atoms with Gasteiger partial charge < -0.3 is 15.8 Å². The highest BCUT2D eigenvalue weighted by molar-refractivity contribution is 9.10. The second kappa shape index (κ2) is 10.7. The van der Waals surface area contributed by atoms with Crippen LogP contribution in [0.5, 0.6) is 5.75 Å². The van der Waals surface area contributed by atoms with Crippen LogP contribution in [0.4, 0.5) is 0 Å². The molecule has 1 aromatic rings. The number of Topliss-reactive ketones (excluding diaryl/α,β-unsaturated/α-hetero) is 1. The van der Waals surface area contributed by atoms with Crippen LogP contribution in [0.2, 0.25) is 0 Å². The first-order chi connectivity index (χ1) is 10.8. The topological polar surface area (TPSA) is 81.4 Å². The Labute approximate surface area is 158 Å². The largest absolute Gasteiger partial charge is 0.496 e. The van der Waals surface area contributed by atoms with Gasteiger partial charge in [0, 0.05) is 29.4 Å². The summed E-state index contributed by atoms with van der Waals surface area (Å²) >= 11 is 3.34. The Bertz CT molecular complexity index is 563. The number of carbonyl (C=O) groups is 2. The number of ether oxygens (including phenoxy) is 1. The smallest absolute Gasteiger partial charge is 0.220 e. The summed E-state index contributed by atoms with van der Waals surface area (Å²) < 4.78 is 5.99. The van der Waals surface area contributed by atoms with Gasteiger partial charge in [-0.25, -0.2) is 0 Å². The van der Waals surface area contributed by atoms with Crippen molar-refractivity contribution in [1.82, 2.24) is 5.32 Å². The maximum atomic E-state index is 12.3. The SMILES string of the molecule is CCC(N)(CC)CNC(=O)CCC(=O)c1cc(Br)ccc1OC.Cl. The third kappa shape index (κ3) is 6.79. The van der Waals surface area contributed by atoms with E-state index in [2.05, 4.69) is 21.2 Å². The molecule has 0 aliphatic rings. The summed E-state index contributed by atoms with van der Waals surface area (Å²) in [6, 6.07) is 5.24. The molecule has 0 saturated carbocycles. The Morgan fingerprint density at radius 3 is 2.42 bits per heavy atom. The maximum Gasteiger partial charge on any atom is 0.220 e. The maximum absolute atomic E-state index is 12.3. The molecule has 1 amide bonds. The van der Waals surface area contributed by atoms with Gasteiger partial charge in [-0.15, -0.1) is 12.4 Å². The number of methoxy groups -OCH3 is 1. The van der Waals surface area contributed by atoms with Crippen LogP contribution in [0.1, 0.15) is 49.9 Å². The average Bonchev–Trinajstić information content (AvgIpc) is 2.57. The Balaban J connectivity index is 0.00000529. The van der Waals surface area contributed by atoms with E-state index in [-0.39, 0.29) is 42.5 Å². The lowest BCUT2D eigenvalue weighted by Crippen LogP contribution is -2.49. The molecular weight excluding hydrogens is 396 g/mol. The van der Waals surface area contributed by atoms with Gasteiger partial charge in [0.05, 0.1) is 12.7 Å². The van der Waals surface area contributed by atoms with Crippen LogP contribution in [-0.2, 0) is 4.79 Å². The fourth-order valence-electron chi connectivity index (χ4n) is 2.12. The minimum absolute atomic E-state index is 0. The minimum Gasteiger partial charge on any atom is -0.496 e. The van der Waals surface area contributed by atoms with Crippen molar-refractivity contribution < 1.29 is 14.3 Å². The molecular formula is C17H26BrClN2O3. The molecule has 0 saturated heterocycles. The van der Waals surface area contributed by atoms with Crippen molar-refractivity contribution >= 4 is 40.0 Å². The average molecular weight is 422 g/mol. The van der Waals surface area contributed by atoms with Gasteiger partial charge in [-0.05, 0) is 31.0 Å². The van der Waals surface area contributed by atoms with E-state index < -0.39 is 0 Å². The number of hydrogen-bond donors (Lipinski definition) is 2. The Hall–Kier alpha value is -1.11. The first kappa shape index (κ1) is 22.9. The standard InChI is InChI=1S/C17H25BrN2O3.ClH/c1-4-17(19,5-2)11-20-16(22)9-7-14(21)13-10-12(18)6-8-15(13)23-3;/h6,8,10H,4-5,7,9,11,19H2,1-3H3,(H,20,22);1H. The third-order valence-electron chi connectivity index (χ3n) is 4.09. The number of rotatable bonds is 9. The number of nitrogens with two attached hydrogens (primary N) is 1. The minimum atomic E-state index is -0.382. The number of halogens is 2. The molecule has 0 bridgehead atoms. The van der Waals surface area contributed by atoms with Crippen molar-refractivity contribution in [3.63, 3.8) is 0 Å². The summed E-state index contributed by atoms with van der Waals surface area (Å²) in [5, 5.41) is 2.82. The number of hydrogen-bond acceptors (Lipinski definition) is 4. The summed E-state index contributed by atoms with van der Waals surface area (Å²) in [6.07, 6.45) is 1.85. The molecule has 7 heteroatoms. The lowest BCUT2D eigenvalue weighted by Gasteiger charge is -2.26. The van der Waals surface area contributed by atoms with Gasteiger partial charge in [0.15, 0.2) is 5.78 Å². The van der Waals surface area contributed by atoms with E-state index in [1.54, 1.807) is 18.2 Å². The van der Waals surface area contributed by atoms with Gasteiger partial charge in [0.25, 0.3) is 0 Å². The molecule has 0 spiro atoms. The van der Waals surface area contributed by atoms with Crippen molar-refractivity contribution in [3.8, 4) is 5.75 Å². The molecule has 5 nitrogen and oxygen atoms in total. The quantitative estimate of drug-likeness (QED) is 0.598. The number of benzene rings is 1. The molecule has 0 radical (unpaired) electrons. The van der Waals surface area contributed by atoms with Crippen molar-refractivity contribution in [1.29, 1.82) is 0 Å². The van der Waals surface area contributed by atoms with E-state index in [9.17, 15) is 9.59 Å². The number of ketones is 1. The second-order valence-electron chi connectivity index (χ2n) is 5.61. The second-order valence-corrected chi connectivity index (χ2v) is 6.53. The van der Waals surface area contributed by atoms with E-state index in [0.29, 0.717) is 17.9 Å². The molecule has 0 aliphatic heterocycles. The third-order valence-corrected chi connectivity index (χ3v) is 4.58. The van der Waals surface area contributed by atoms with Crippen LogP contribution >= 0.6 is 28.3 Å². The van der Waals surface area contributed by atoms with Gasteiger partial charge in [-0.2, -0.15) is 0 Å². The molecule has 136 valence electrons. The zero-order valence-electron chi connectivity index (χ0n) is 14.4. The van der Waals surface area contributed by atoms with Crippen LogP contribution in [0.15, 0.2) is 22.7 Å². The van der Waals surface area contributed by atoms with Crippen molar-refractivity contribution in [2.45, 2.75) is 45.1 Å². The highest BCUT2D eigenvalue weighted by Gasteiger charge is 2.21.